The van der Waals surface area contributed by atoms with E-state index in [1.54, 1.807) is 24.5 Å². The molecule has 2 aromatic rings. The Morgan fingerprint density at radius 3 is 2.60 bits per heavy atom. The van der Waals surface area contributed by atoms with E-state index in [0.717, 1.165) is 11.1 Å². The standard InChI is InChI=1S/C17H15FN2/c1-2-9-17(13-19,11-14-4-3-10-20-12-14)15-5-7-16(18)8-6-15/h2-10,12H,11H2,1H3. The van der Waals surface area contributed by atoms with Crippen molar-refractivity contribution >= 4 is 0 Å². The fraction of sp³-hybridized carbons (Fsp3) is 0.176. The molecule has 0 aliphatic rings. The number of hydrogen-bond donors (Lipinski definition) is 0. The average Bonchev–Trinajstić information content (AvgIpc) is 2.48. The minimum absolute atomic E-state index is 0.303. The van der Waals surface area contributed by atoms with Crippen LogP contribution < -0.4 is 0 Å². The molecule has 0 fully saturated rings. The van der Waals surface area contributed by atoms with Gasteiger partial charge in [0.2, 0.25) is 0 Å². The molecule has 1 heterocycles. The lowest BCUT2D eigenvalue weighted by Gasteiger charge is -2.23. The van der Waals surface area contributed by atoms with Gasteiger partial charge in [-0.05, 0) is 36.2 Å². The van der Waals surface area contributed by atoms with Gasteiger partial charge in [-0.25, -0.2) is 4.39 Å². The molecule has 0 radical (unpaired) electrons. The number of aromatic nitrogens is 1. The zero-order valence-electron chi connectivity index (χ0n) is 11.3. The summed E-state index contributed by atoms with van der Waals surface area (Å²) >= 11 is 0. The van der Waals surface area contributed by atoms with Crippen LogP contribution in [-0.2, 0) is 11.8 Å². The van der Waals surface area contributed by atoms with Crippen LogP contribution in [0.1, 0.15) is 18.1 Å². The van der Waals surface area contributed by atoms with Crippen LogP contribution in [0.4, 0.5) is 4.39 Å². The minimum Gasteiger partial charge on any atom is -0.264 e. The van der Waals surface area contributed by atoms with Crippen molar-refractivity contribution in [3.8, 4) is 6.07 Å². The molecule has 2 nitrogen and oxygen atoms in total. The number of hydrogen-bond acceptors (Lipinski definition) is 2. The Bertz CT molecular complexity index is 626. The van der Waals surface area contributed by atoms with Gasteiger partial charge in [0.15, 0.2) is 0 Å². The summed E-state index contributed by atoms with van der Waals surface area (Å²) in [7, 11) is 0. The lowest BCUT2D eigenvalue weighted by Crippen LogP contribution is -2.24. The Morgan fingerprint density at radius 1 is 1.30 bits per heavy atom. The molecule has 0 N–H and O–H groups in total. The molecule has 0 amide bonds. The van der Waals surface area contributed by atoms with Crippen LogP contribution in [0, 0.1) is 17.1 Å². The minimum atomic E-state index is -0.800. The van der Waals surface area contributed by atoms with Crippen molar-refractivity contribution in [3.05, 3.63) is 77.9 Å². The normalized spacial score (nSPS) is 13.8. The average molecular weight is 266 g/mol. The summed E-state index contributed by atoms with van der Waals surface area (Å²) in [5, 5.41) is 9.68. The van der Waals surface area contributed by atoms with Gasteiger partial charge < -0.3 is 0 Å². The molecule has 0 aliphatic carbocycles. The summed E-state index contributed by atoms with van der Waals surface area (Å²) in [6, 6.07) is 12.2. The SMILES string of the molecule is CC=CC(C#N)(Cc1cccnc1)c1ccc(F)cc1. The number of nitriles is 1. The highest BCUT2D eigenvalue weighted by atomic mass is 19.1. The fourth-order valence-electron chi connectivity index (χ4n) is 2.26. The van der Waals surface area contributed by atoms with Gasteiger partial charge in [-0.15, -0.1) is 0 Å². The van der Waals surface area contributed by atoms with E-state index in [-0.39, 0.29) is 5.82 Å². The summed E-state index contributed by atoms with van der Waals surface area (Å²) in [5.41, 5.74) is 0.950. The third-order valence-corrected chi connectivity index (χ3v) is 3.22. The van der Waals surface area contributed by atoms with Crippen molar-refractivity contribution in [1.29, 1.82) is 5.26 Å². The number of nitrogens with zero attached hydrogens (tertiary/aromatic N) is 2. The molecule has 100 valence electrons. The first-order valence-corrected chi connectivity index (χ1v) is 6.40. The molecule has 0 saturated heterocycles. The smallest absolute Gasteiger partial charge is 0.123 e. The first-order valence-electron chi connectivity index (χ1n) is 6.40. The van der Waals surface area contributed by atoms with E-state index in [9.17, 15) is 9.65 Å². The summed E-state index contributed by atoms with van der Waals surface area (Å²) in [6.07, 6.45) is 7.66. The Balaban J connectivity index is 2.45. The van der Waals surface area contributed by atoms with Crippen molar-refractivity contribution in [2.75, 3.05) is 0 Å². The Hall–Kier alpha value is -2.47. The third kappa shape index (κ3) is 2.92. The van der Waals surface area contributed by atoms with Crippen LogP contribution in [0.3, 0.4) is 0 Å². The molecule has 3 heteroatoms. The van der Waals surface area contributed by atoms with Gasteiger partial charge >= 0.3 is 0 Å². The zero-order chi connectivity index (χ0) is 14.4. The predicted molar refractivity (Wildman–Crippen MR) is 76.4 cm³/mol. The fourth-order valence-corrected chi connectivity index (χ4v) is 2.26. The molecule has 2 rings (SSSR count). The van der Waals surface area contributed by atoms with E-state index in [0.29, 0.717) is 6.42 Å². The Morgan fingerprint density at radius 2 is 2.05 bits per heavy atom. The largest absolute Gasteiger partial charge is 0.264 e. The maximum atomic E-state index is 13.1. The van der Waals surface area contributed by atoms with Crippen LogP contribution in [0.25, 0.3) is 0 Å². The first kappa shape index (κ1) is 14.0. The molecule has 0 saturated carbocycles. The molecule has 0 spiro atoms. The molecule has 0 bridgehead atoms. The van der Waals surface area contributed by atoms with E-state index in [1.807, 2.05) is 31.2 Å². The molecular formula is C17H15FN2. The van der Waals surface area contributed by atoms with Gasteiger partial charge in [0, 0.05) is 18.8 Å². The van der Waals surface area contributed by atoms with Crippen LogP contribution in [0.5, 0.6) is 0 Å². The number of pyridine rings is 1. The topological polar surface area (TPSA) is 36.7 Å². The third-order valence-electron chi connectivity index (χ3n) is 3.22. The van der Waals surface area contributed by atoms with E-state index < -0.39 is 5.41 Å². The van der Waals surface area contributed by atoms with Gasteiger partial charge in [-0.3, -0.25) is 4.98 Å². The lowest BCUT2D eigenvalue weighted by molar-refractivity contribution is 0.621. The Kier molecular flexibility index (Phi) is 4.27. The molecule has 1 aromatic carbocycles. The van der Waals surface area contributed by atoms with Crippen LogP contribution in [0.15, 0.2) is 60.9 Å². The van der Waals surface area contributed by atoms with E-state index in [2.05, 4.69) is 11.1 Å². The van der Waals surface area contributed by atoms with E-state index >= 15 is 0 Å². The van der Waals surface area contributed by atoms with Crippen LogP contribution in [0.2, 0.25) is 0 Å². The number of halogens is 1. The van der Waals surface area contributed by atoms with Gasteiger partial charge in [-0.2, -0.15) is 5.26 Å². The van der Waals surface area contributed by atoms with Gasteiger partial charge in [0.05, 0.1) is 6.07 Å². The monoisotopic (exact) mass is 266 g/mol. The highest BCUT2D eigenvalue weighted by Gasteiger charge is 2.29. The summed E-state index contributed by atoms with van der Waals surface area (Å²) in [5.74, 6) is -0.303. The van der Waals surface area contributed by atoms with Crippen molar-refractivity contribution in [1.82, 2.24) is 4.98 Å². The maximum Gasteiger partial charge on any atom is 0.123 e. The van der Waals surface area contributed by atoms with Crippen molar-refractivity contribution in [3.63, 3.8) is 0 Å². The lowest BCUT2D eigenvalue weighted by atomic mass is 9.77. The summed E-state index contributed by atoms with van der Waals surface area (Å²) in [6.45, 7) is 1.87. The summed E-state index contributed by atoms with van der Waals surface area (Å²) in [4.78, 5) is 4.08. The number of allylic oxidation sites excluding steroid dienone is 2. The number of benzene rings is 1. The van der Waals surface area contributed by atoms with E-state index in [1.165, 1.54) is 12.1 Å². The van der Waals surface area contributed by atoms with Gasteiger partial charge in [0.1, 0.15) is 11.2 Å². The Labute approximate surface area is 118 Å². The quantitative estimate of drug-likeness (QED) is 0.789. The second-order valence-corrected chi connectivity index (χ2v) is 4.63. The van der Waals surface area contributed by atoms with Crippen molar-refractivity contribution in [2.45, 2.75) is 18.8 Å². The second kappa shape index (κ2) is 6.12. The molecule has 1 atom stereocenters. The highest BCUT2D eigenvalue weighted by molar-refractivity contribution is 5.41. The van der Waals surface area contributed by atoms with Crippen molar-refractivity contribution in [2.24, 2.45) is 0 Å². The van der Waals surface area contributed by atoms with Crippen molar-refractivity contribution < 1.29 is 4.39 Å². The second-order valence-electron chi connectivity index (χ2n) is 4.63. The number of rotatable bonds is 4. The molecule has 1 aromatic heterocycles. The molecular weight excluding hydrogens is 251 g/mol. The maximum absolute atomic E-state index is 13.1. The zero-order valence-corrected chi connectivity index (χ0v) is 11.3. The predicted octanol–water partition coefficient (Wildman–Crippen LogP) is 3.80. The van der Waals surface area contributed by atoms with Crippen LogP contribution in [-0.4, -0.2) is 4.98 Å². The van der Waals surface area contributed by atoms with Gasteiger partial charge in [-0.1, -0.05) is 30.4 Å². The molecule has 0 aliphatic heterocycles. The van der Waals surface area contributed by atoms with Crippen LogP contribution >= 0.6 is 0 Å². The first-order chi connectivity index (χ1) is 9.70. The highest BCUT2D eigenvalue weighted by Crippen LogP contribution is 2.30. The molecule has 1 unspecified atom stereocenters. The van der Waals surface area contributed by atoms with Gasteiger partial charge in [0.25, 0.3) is 0 Å². The molecule has 20 heavy (non-hydrogen) atoms. The summed E-state index contributed by atoms with van der Waals surface area (Å²) < 4.78 is 13.1. The van der Waals surface area contributed by atoms with E-state index in [4.69, 9.17) is 0 Å².